The van der Waals surface area contributed by atoms with Gasteiger partial charge in [-0.1, -0.05) is 0 Å². The minimum atomic E-state index is -3.24. The summed E-state index contributed by atoms with van der Waals surface area (Å²) in [5, 5.41) is 10.9. The van der Waals surface area contributed by atoms with Gasteiger partial charge in [0.25, 0.3) is 0 Å². The second-order valence-corrected chi connectivity index (χ2v) is 9.50. The molecule has 0 aliphatic carbocycles. The molecule has 2 saturated heterocycles. The van der Waals surface area contributed by atoms with Crippen LogP contribution in [-0.2, 0) is 14.6 Å². The maximum absolute atomic E-state index is 14.7. The second-order valence-electron chi connectivity index (χ2n) is 7.44. The van der Waals surface area contributed by atoms with Crippen LogP contribution in [-0.4, -0.2) is 67.7 Å². The number of nitrogens with zero attached hydrogens (tertiary/aromatic N) is 6. The molecule has 5 rings (SSSR count). The highest BCUT2D eigenvalue weighted by molar-refractivity contribution is 7.99. The summed E-state index contributed by atoms with van der Waals surface area (Å²) in [6, 6.07) is 1.77. The van der Waals surface area contributed by atoms with E-state index in [-0.39, 0.29) is 23.3 Å². The molecule has 2 aliphatic heterocycles. The van der Waals surface area contributed by atoms with Gasteiger partial charge in [0, 0.05) is 25.1 Å². The van der Waals surface area contributed by atoms with Crippen molar-refractivity contribution in [1.82, 2.24) is 29.9 Å². The zero-order chi connectivity index (χ0) is 21.6. The van der Waals surface area contributed by atoms with E-state index < -0.39 is 16.2 Å². The second kappa shape index (κ2) is 7.66. The first-order valence-electron chi connectivity index (χ1n) is 9.91. The maximum atomic E-state index is 14.7. The minimum Gasteiger partial charge on any atom is -0.492 e. The van der Waals surface area contributed by atoms with E-state index in [4.69, 9.17) is 4.74 Å². The van der Waals surface area contributed by atoms with Crippen molar-refractivity contribution in [2.75, 3.05) is 42.1 Å². The van der Waals surface area contributed by atoms with Crippen molar-refractivity contribution in [3.8, 4) is 17.1 Å². The first-order valence-corrected chi connectivity index (χ1v) is 11.6. The molecular weight excluding hydrogens is 427 g/mol. The largest absolute Gasteiger partial charge is 0.492 e. The molecular formula is C18H22FN8O3S+. The van der Waals surface area contributed by atoms with Crippen LogP contribution in [0, 0.1) is 5.82 Å². The third kappa shape index (κ3) is 3.58. The Hall–Kier alpha value is -2.90. The van der Waals surface area contributed by atoms with Crippen molar-refractivity contribution in [2.45, 2.75) is 18.9 Å². The third-order valence-corrected chi connectivity index (χ3v) is 7.26. The number of halogens is 1. The van der Waals surface area contributed by atoms with Gasteiger partial charge in [-0.3, -0.25) is 0 Å². The van der Waals surface area contributed by atoms with Gasteiger partial charge in [-0.2, -0.15) is 4.55 Å². The predicted molar refractivity (Wildman–Crippen MR) is 113 cm³/mol. The van der Waals surface area contributed by atoms with Crippen LogP contribution < -0.4 is 19.7 Å². The molecule has 2 fully saturated rings. The molecule has 31 heavy (non-hydrogen) atoms. The van der Waals surface area contributed by atoms with Crippen LogP contribution in [0.2, 0.25) is 0 Å². The van der Waals surface area contributed by atoms with Gasteiger partial charge in [-0.25, -0.2) is 23.9 Å². The van der Waals surface area contributed by atoms with Gasteiger partial charge >= 0.3 is 10.4 Å². The summed E-state index contributed by atoms with van der Waals surface area (Å²) in [7, 11) is -1.78. The van der Waals surface area contributed by atoms with Gasteiger partial charge in [0.05, 0.1) is 26.0 Å². The average Bonchev–Trinajstić information content (AvgIpc) is 3.48. The molecule has 11 nitrogen and oxygen atoms in total. The Morgan fingerprint density at radius 3 is 2.97 bits per heavy atom. The summed E-state index contributed by atoms with van der Waals surface area (Å²) in [4.78, 5) is 12.7. The fourth-order valence-electron chi connectivity index (χ4n) is 3.84. The van der Waals surface area contributed by atoms with Crippen LogP contribution in [0.3, 0.4) is 0 Å². The normalized spacial score (nSPS) is 23.6. The number of nitrogens with one attached hydrogen (secondary N) is 2. The zero-order valence-electron chi connectivity index (χ0n) is 16.8. The lowest BCUT2D eigenvalue weighted by Crippen LogP contribution is -2.32. The van der Waals surface area contributed by atoms with Gasteiger partial charge < -0.3 is 15.4 Å². The lowest BCUT2D eigenvalue weighted by atomic mass is 10.2. The minimum absolute atomic E-state index is 0.0331. The van der Waals surface area contributed by atoms with Crippen molar-refractivity contribution in [3.05, 3.63) is 24.3 Å². The predicted octanol–water partition coefficient (Wildman–Crippen LogP) is 1.21. The first-order chi connectivity index (χ1) is 15.0. The van der Waals surface area contributed by atoms with Crippen LogP contribution in [0.15, 0.2) is 18.5 Å². The molecule has 0 bridgehead atoms. The molecule has 3 N–H and O–H groups in total. The molecule has 3 aromatic heterocycles. The molecule has 2 unspecified atom stereocenters. The summed E-state index contributed by atoms with van der Waals surface area (Å²) in [6.45, 7) is 2.05. The molecule has 2 atom stereocenters. The number of imidazole rings is 1. The van der Waals surface area contributed by atoms with E-state index in [1.165, 1.54) is 22.1 Å². The highest BCUT2D eigenvalue weighted by Gasteiger charge is 2.44. The Morgan fingerprint density at radius 2 is 2.26 bits per heavy atom. The summed E-state index contributed by atoms with van der Waals surface area (Å²) < 4.78 is 45.6. The standard InChI is InChI=1S/C18H21FN8O3S/c1-30-14-7-15-21-10-13(27(15)25-17(14)26-5-2-6-31(26,28)29)16-12(19)9-22-18(24-16)23-11-3-4-20-8-11/h7,9-11,20H,2-6,8H2,1H3,(H-,22,23,24,28,29)/p+1. The van der Waals surface area contributed by atoms with Crippen molar-refractivity contribution in [1.29, 1.82) is 0 Å². The van der Waals surface area contributed by atoms with Crippen LogP contribution in [0.25, 0.3) is 17.0 Å². The lowest BCUT2D eigenvalue weighted by molar-refractivity contribution is 0.412. The molecule has 5 heterocycles. The van der Waals surface area contributed by atoms with Gasteiger partial charge in [0.2, 0.25) is 11.8 Å². The molecule has 0 amide bonds. The van der Waals surface area contributed by atoms with Crippen molar-refractivity contribution >= 4 is 27.8 Å². The Labute approximate surface area is 178 Å². The summed E-state index contributed by atoms with van der Waals surface area (Å²) >= 11 is 0. The Bertz CT molecular complexity index is 1180. The Balaban J connectivity index is 1.59. The number of fused-ring (bicyclic) bond motifs is 1. The fraction of sp³-hybridized carbons (Fsp3) is 0.444. The van der Waals surface area contributed by atoms with Crippen LogP contribution >= 0.6 is 0 Å². The number of methoxy groups -OCH3 is 1. The highest BCUT2D eigenvalue weighted by atomic mass is 32.3. The van der Waals surface area contributed by atoms with Gasteiger partial charge in [-0.05, 0) is 17.2 Å². The van der Waals surface area contributed by atoms with Gasteiger partial charge in [0.1, 0.15) is 11.4 Å². The van der Waals surface area contributed by atoms with Crippen molar-refractivity contribution < 1.29 is 17.9 Å². The van der Waals surface area contributed by atoms with E-state index in [9.17, 15) is 13.2 Å². The summed E-state index contributed by atoms with van der Waals surface area (Å²) in [5.41, 5.74) is 0.729. The van der Waals surface area contributed by atoms with E-state index >= 15 is 0 Å². The first kappa shape index (κ1) is 20.0. The number of rotatable bonds is 5. The van der Waals surface area contributed by atoms with Crippen LogP contribution in [0.4, 0.5) is 16.2 Å². The smallest absolute Gasteiger partial charge is 0.314 e. The molecule has 0 radical (unpaired) electrons. The maximum Gasteiger partial charge on any atom is 0.314 e. The number of aromatic nitrogens is 5. The third-order valence-electron chi connectivity index (χ3n) is 5.39. The SMILES string of the molecule is COc1cc2ncc(-c3nc(NC4CCNC4)ncc3F)n2nc1N1CCC[S+]1(=O)O. The number of hydrogen-bond donors (Lipinski definition) is 3. The molecule has 13 heteroatoms. The molecule has 0 spiro atoms. The average molecular weight is 449 g/mol. The molecule has 0 saturated carbocycles. The molecule has 2 aliphatic rings. The number of hydrogen-bond acceptors (Lipinski definition) is 8. The van der Waals surface area contributed by atoms with Crippen molar-refractivity contribution in [2.24, 2.45) is 0 Å². The number of ether oxygens (including phenoxy) is 1. The topological polar surface area (TPSA) is 130 Å². The van der Waals surface area contributed by atoms with Crippen LogP contribution in [0.5, 0.6) is 5.75 Å². The molecule has 3 aromatic rings. The highest BCUT2D eigenvalue weighted by Crippen LogP contribution is 2.35. The van der Waals surface area contributed by atoms with Crippen molar-refractivity contribution in [3.63, 3.8) is 0 Å². The lowest BCUT2D eigenvalue weighted by Gasteiger charge is -2.17. The quantitative estimate of drug-likeness (QED) is 0.492. The molecule has 164 valence electrons. The van der Waals surface area contributed by atoms with E-state index in [2.05, 4.69) is 30.7 Å². The van der Waals surface area contributed by atoms with Gasteiger partial charge in [-0.15, -0.1) is 9.40 Å². The van der Waals surface area contributed by atoms with E-state index in [0.717, 1.165) is 25.7 Å². The Kier molecular flexibility index (Phi) is 4.95. The zero-order valence-corrected chi connectivity index (χ0v) is 17.6. The van der Waals surface area contributed by atoms with E-state index in [1.807, 2.05) is 0 Å². The fourth-order valence-corrected chi connectivity index (χ4v) is 5.38. The Morgan fingerprint density at radius 1 is 1.39 bits per heavy atom. The number of anilines is 2. The van der Waals surface area contributed by atoms with E-state index in [0.29, 0.717) is 36.0 Å². The van der Waals surface area contributed by atoms with Gasteiger partial charge in [0.15, 0.2) is 23.0 Å². The summed E-state index contributed by atoms with van der Waals surface area (Å²) in [6.07, 6.45) is 4.04. The monoisotopic (exact) mass is 449 g/mol. The molecule has 0 aromatic carbocycles. The van der Waals surface area contributed by atoms with Crippen LogP contribution in [0.1, 0.15) is 12.8 Å². The van der Waals surface area contributed by atoms with E-state index in [1.54, 1.807) is 6.07 Å². The summed E-state index contributed by atoms with van der Waals surface area (Å²) in [5.74, 6) is 0.352.